The maximum atomic E-state index is 4.69. The fraction of sp³-hybridized carbons (Fsp3) is 0.769. The third kappa shape index (κ3) is 4.64. The van der Waals surface area contributed by atoms with Gasteiger partial charge < -0.3 is 10.2 Å². The minimum atomic E-state index is 0.356. The summed E-state index contributed by atoms with van der Waals surface area (Å²) >= 11 is 1.74. The highest BCUT2D eigenvalue weighted by Gasteiger charge is 2.11. The van der Waals surface area contributed by atoms with Crippen molar-refractivity contribution in [3.63, 3.8) is 0 Å². The van der Waals surface area contributed by atoms with Gasteiger partial charge in [-0.1, -0.05) is 26.7 Å². The van der Waals surface area contributed by atoms with Gasteiger partial charge in [0, 0.05) is 25.0 Å². The molecule has 0 saturated carbocycles. The predicted molar refractivity (Wildman–Crippen MR) is 77.0 cm³/mol. The Kier molecular flexibility index (Phi) is 6.52. The number of hydrogen-bond acceptors (Lipinski definition) is 4. The first-order valence-electron chi connectivity index (χ1n) is 6.59. The van der Waals surface area contributed by atoms with E-state index in [4.69, 9.17) is 0 Å². The topological polar surface area (TPSA) is 28.2 Å². The number of nitrogens with one attached hydrogen (secondary N) is 1. The zero-order valence-corrected chi connectivity index (χ0v) is 12.3. The molecule has 0 aliphatic rings. The van der Waals surface area contributed by atoms with Crippen molar-refractivity contribution in [2.45, 2.75) is 46.1 Å². The Morgan fingerprint density at radius 1 is 1.41 bits per heavy atom. The van der Waals surface area contributed by atoms with Crippen LogP contribution in [0.25, 0.3) is 0 Å². The molecule has 0 fully saturated rings. The Morgan fingerprint density at radius 3 is 2.82 bits per heavy atom. The minimum absolute atomic E-state index is 0.356. The fourth-order valence-corrected chi connectivity index (χ4v) is 2.67. The molecule has 1 heterocycles. The largest absolute Gasteiger partial charge is 0.351 e. The van der Waals surface area contributed by atoms with Crippen LogP contribution in [0.5, 0.6) is 0 Å². The molecule has 1 unspecified atom stereocenters. The Morgan fingerprint density at radius 2 is 2.18 bits per heavy atom. The average Bonchev–Trinajstić information content (AvgIpc) is 2.79. The van der Waals surface area contributed by atoms with Gasteiger partial charge in [-0.05, 0) is 19.9 Å². The summed E-state index contributed by atoms with van der Waals surface area (Å²) in [7, 11) is 2.14. The van der Waals surface area contributed by atoms with Gasteiger partial charge in [-0.15, -0.1) is 11.3 Å². The SMILES string of the molecule is CCCCCN(C)c1nc(C(C)NCC)cs1. The minimum Gasteiger partial charge on any atom is -0.351 e. The molecular formula is C13H25N3S. The molecule has 0 amide bonds. The van der Waals surface area contributed by atoms with E-state index in [1.54, 1.807) is 11.3 Å². The Labute approximate surface area is 109 Å². The van der Waals surface area contributed by atoms with Crippen LogP contribution < -0.4 is 10.2 Å². The molecule has 1 rings (SSSR count). The van der Waals surface area contributed by atoms with E-state index in [-0.39, 0.29) is 0 Å². The molecule has 1 aromatic rings. The summed E-state index contributed by atoms with van der Waals surface area (Å²) in [5.41, 5.74) is 1.16. The molecule has 98 valence electrons. The molecular weight excluding hydrogens is 230 g/mol. The maximum Gasteiger partial charge on any atom is 0.185 e. The van der Waals surface area contributed by atoms with Gasteiger partial charge in [-0.2, -0.15) is 0 Å². The smallest absolute Gasteiger partial charge is 0.185 e. The van der Waals surface area contributed by atoms with E-state index in [9.17, 15) is 0 Å². The van der Waals surface area contributed by atoms with Crippen molar-refractivity contribution in [3.8, 4) is 0 Å². The number of rotatable bonds is 8. The van der Waals surface area contributed by atoms with E-state index in [2.05, 4.69) is 48.4 Å². The van der Waals surface area contributed by atoms with Gasteiger partial charge >= 0.3 is 0 Å². The number of unbranched alkanes of at least 4 members (excludes halogenated alkanes) is 2. The Hall–Kier alpha value is -0.610. The first-order valence-corrected chi connectivity index (χ1v) is 7.46. The summed E-state index contributed by atoms with van der Waals surface area (Å²) in [6, 6.07) is 0.356. The highest BCUT2D eigenvalue weighted by Crippen LogP contribution is 2.23. The Balaban J connectivity index is 2.48. The van der Waals surface area contributed by atoms with Gasteiger partial charge in [-0.3, -0.25) is 0 Å². The van der Waals surface area contributed by atoms with E-state index in [1.165, 1.54) is 19.3 Å². The van der Waals surface area contributed by atoms with Crippen LogP contribution >= 0.6 is 11.3 Å². The molecule has 0 aliphatic carbocycles. The summed E-state index contributed by atoms with van der Waals surface area (Å²) in [6.45, 7) is 8.62. The molecule has 4 heteroatoms. The zero-order chi connectivity index (χ0) is 12.7. The van der Waals surface area contributed by atoms with Crippen LogP contribution in [0.1, 0.15) is 51.8 Å². The predicted octanol–water partition coefficient (Wildman–Crippen LogP) is 3.44. The highest BCUT2D eigenvalue weighted by molar-refractivity contribution is 7.13. The molecule has 0 aliphatic heterocycles. The number of thiazole rings is 1. The fourth-order valence-electron chi connectivity index (χ4n) is 1.76. The summed E-state index contributed by atoms with van der Waals surface area (Å²) in [4.78, 5) is 6.96. The lowest BCUT2D eigenvalue weighted by molar-refractivity contribution is 0.586. The zero-order valence-electron chi connectivity index (χ0n) is 11.5. The second-order valence-corrected chi connectivity index (χ2v) is 5.30. The summed E-state index contributed by atoms with van der Waals surface area (Å²) in [6.07, 6.45) is 3.83. The molecule has 1 aromatic heterocycles. The number of hydrogen-bond donors (Lipinski definition) is 1. The summed E-state index contributed by atoms with van der Waals surface area (Å²) in [5, 5.41) is 6.70. The third-order valence-corrected chi connectivity index (χ3v) is 3.86. The second kappa shape index (κ2) is 7.67. The van der Waals surface area contributed by atoms with Crippen LogP contribution in [0.15, 0.2) is 5.38 Å². The van der Waals surface area contributed by atoms with Crippen LogP contribution in [0.4, 0.5) is 5.13 Å². The van der Waals surface area contributed by atoms with E-state index in [0.717, 1.165) is 23.9 Å². The molecule has 0 aromatic carbocycles. The summed E-state index contributed by atoms with van der Waals surface area (Å²) in [5.74, 6) is 0. The molecule has 0 spiro atoms. The highest BCUT2D eigenvalue weighted by atomic mass is 32.1. The first kappa shape index (κ1) is 14.5. The second-order valence-electron chi connectivity index (χ2n) is 4.46. The molecule has 0 saturated heterocycles. The van der Waals surface area contributed by atoms with Crippen LogP contribution in [-0.2, 0) is 0 Å². The number of anilines is 1. The lowest BCUT2D eigenvalue weighted by Gasteiger charge is -2.15. The monoisotopic (exact) mass is 255 g/mol. The molecule has 0 bridgehead atoms. The van der Waals surface area contributed by atoms with Gasteiger partial charge in [0.2, 0.25) is 0 Å². The number of aromatic nitrogens is 1. The van der Waals surface area contributed by atoms with Crippen molar-refractivity contribution in [3.05, 3.63) is 11.1 Å². The van der Waals surface area contributed by atoms with Gasteiger partial charge in [0.15, 0.2) is 5.13 Å². The van der Waals surface area contributed by atoms with Crippen molar-refractivity contribution in [2.75, 3.05) is 25.0 Å². The summed E-state index contributed by atoms with van der Waals surface area (Å²) < 4.78 is 0. The van der Waals surface area contributed by atoms with Crippen LogP contribution in [-0.4, -0.2) is 25.1 Å². The maximum absolute atomic E-state index is 4.69. The van der Waals surface area contributed by atoms with Crippen molar-refractivity contribution >= 4 is 16.5 Å². The van der Waals surface area contributed by atoms with E-state index < -0.39 is 0 Å². The first-order chi connectivity index (χ1) is 8.19. The standard InChI is InChI=1S/C13H25N3S/c1-5-7-8-9-16(4)13-15-12(10-17-13)11(3)14-6-2/h10-11,14H,5-9H2,1-4H3. The van der Waals surface area contributed by atoms with Crippen molar-refractivity contribution in [1.29, 1.82) is 0 Å². The van der Waals surface area contributed by atoms with Crippen LogP contribution in [0, 0.1) is 0 Å². The molecule has 17 heavy (non-hydrogen) atoms. The van der Waals surface area contributed by atoms with Crippen LogP contribution in [0.3, 0.4) is 0 Å². The van der Waals surface area contributed by atoms with E-state index >= 15 is 0 Å². The van der Waals surface area contributed by atoms with E-state index in [0.29, 0.717) is 6.04 Å². The van der Waals surface area contributed by atoms with Crippen molar-refractivity contribution in [1.82, 2.24) is 10.3 Å². The molecule has 0 radical (unpaired) electrons. The lowest BCUT2D eigenvalue weighted by atomic mass is 10.2. The van der Waals surface area contributed by atoms with Crippen molar-refractivity contribution < 1.29 is 0 Å². The molecule has 1 N–H and O–H groups in total. The van der Waals surface area contributed by atoms with E-state index in [1.807, 2.05) is 0 Å². The quantitative estimate of drug-likeness (QED) is 0.721. The normalized spacial score (nSPS) is 12.7. The molecule has 1 atom stereocenters. The van der Waals surface area contributed by atoms with Crippen LogP contribution in [0.2, 0.25) is 0 Å². The van der Waals surface area contributed by atoms with Gasteiger partial charge in [0.05, 0.1) is 5.69 Å². The molecule has 3 nitrogen and oxygen atoms in total. The van der Waals surface area contributed by atoms with Crippen molar-refractivity contribution in [2.24, 2.45) is 0 Å². The van der Waals surface area contributed by atoms with Gasteiger partial charge in [0.25, 0.3) is 0 Å². The average molecular weight is 255 g/mol. The van der Waals surface area contributed by atoms with Gasteiger partial charge in [-0.25, -0.2) is 4.98 Å². The Bertz CT molecular complexity index is 311. The number of nitrogens with zero attached hydrogens (tertiary/aromatic N) is 2. The third-order valence-electron chi connectivity index (χ3n) is 2.89. The van der Waals surface area contributed by atoms with Gasteiger partial charge in [0.1, 0.15) is 0 Å². The lowest BCUT2D eigenvalue weighted by Crippen LogP contribution is -2.20.